The Morgan fingerprint density at radius 3 is 1.41 bits per heavy atom. The molecule has 0 aliphatic carbocycles. The standard InChI is InChI=1S/C49H31N5/c1-3-13-32(14-4-1)33-23-25-35(26-24-33)48-50-47(34-15-5-2-6-16-34)51-49(52-48)54-45-22-12-9-19-41(45)42-30-36-27-28-38(29-37(36)31-46(42)54)53-43-20-10-7-17-39(43)40-18-8-11-21-44(40)53/h1-31H. The zero-order valence-corrected chi connectivity index (χ0v) is 29.1. The fraction of sp³-hybridized carbons (Fsp3) is 0. The van der Waals surface area contributed by atoms with Gasteiger partial charge in [0.1, 0.15) is 0 Å². The highest BCUT2D eigenvalue weighted by Crippen LogP contribution is 2.37. The highest BCUT2D eigenvalue weighted by Gasteiger charge is 2.19. The Morgan fingerprint density at radius 2 is 0.778 bits per heavy atom. The first-order valence-corrected chi connectivity index (χ1v) is 18.2. The molecular formula is C49H31N5. The number of hydrogen-bond acceptors (Lipinski definition) is 3. The van der Waals surface area contributed by atoms with E-state index >= 15 is 0 Å². The van der Waals surface area contributed by atoms with E-state index in [0.717, 1.165) is 49.6 Å². The number of aromatic nitrogens is 5. The van der Waals surface area contributed by atoms with Crippen molar-refractivity contribution in [2.75, 3.05) is 0 Å². The molecule has 0 saturated heterocycles. The Bertz CT molecular complexity index is 3140. The minimum absolute atomic E-state index is 0.579. The summed E-state index contributed by atoms with van der Waals surface area (Å²) < 4.78 is 4.57. The Balaban J connectivity index is 1.14. The molecule has 11 rings (SSSR count). The van der Waals surface area contributed by atoms with Crippen LogP contribution in [0.2, 0.25) is 0 Å². The first-order chi connectivity index (χ1) is 26.8. The second-order valence-corrected chi connectivity index (χ2v) is 13.7. The highest BCUT2D eigenvalue weighted by molar-refractivity contribution is 6.14. The fourth-order valence-electron chi connectivity index (χ4n) is 8.01. The third-order valence-corrected chi connectivity index (χ3v) is 10.6. The van der Waals surface area contributed by atoms with Crippen LogP contribution in [0.1, 0.15) is 0 Å². The summed E-state index contributed by atoms with van der Waals surface area (Å²) in [5.74, 6) is 1.83. The second kappa shape index (κ2) is 12.1. The summed E-state index contributed by atoms with van der Waals surface area (Å²) in [7, 11) is 0. The molecule has 0 amide bonds. The maximum atomic E-state index is 5.22. The molecule has 54 heavy (non-hydrogen) atoms. The first kappa shape index (κ1) is 30.3. The summed E-state index contributed by atoms with van der Waals surface area (Å²) >= 11 is 0. The van der Waals surface area contributed by atoms with Gasteiger partial charge in [-0.2, -0.15) is 9.97 Å². The molecule has 0 fully saturated rings. The van der Waals surface area contributed by atoms with Crippen LogP contribution in [0.3, 0.4) is 0 Å². The van der Waals surface area contributed by atoms with Crippen molar-refractivity contribution in [1.29, 1.82) is 0 Å². The maximum absolute atomic E-state index is 5.22. The monoisotopic (exact) mass is 689 g/mol. The van der Waals surface area contributed by atoms with Crippen LogP contribution < -0.4 is 0 Å². The van der Waals surface area contributed by atoms with Gasteiger partial charge in [-0.1, -0.05) is 146 Å². The lowest BCUT2D eigenvalue weighted by Gasteiger charge is -2.12. The minimum atomic E-state index is 0.579. The van der Waals surface area contributed by atoms with E-state index in [0.29, 0.717) is 17.6 Å². The van der Waals surface area contributed by atoms with E-state index in [1.54, 1.807) is 0 Å². The van der Waals surface area contributed by atoms with E-state index in [2.05, 4.69) is 173 Å². The molecule has 3 aromatic heterocycles. The zero-order chi connectivity index (χ0) is 35.6. The van der Waals surface area contributed by atoms with Gasteiger partial charge in [-0.25, -0.2) is 4.98 Å². The summed E-state index contributed by atoms with van der Waals surface area (Å²) in [4.78, 5) is 15.4. The maximum Gasteiger partial charge on any atom is 0.238 e. The third kappa shape index (κ3) is 4.83. The first-order valence-electron chi connectivity index (χ1n) is 18.2. The van der Waals surface area contributed by atoms with Crippen LogP contribution in [0.25, 0.3) is 99.9 Å². The Labute approximate surface area is 311 Å². The molecule has 5 heteroatoms. The summed E-state index contributed by atoms with van der Waals surface area (Å²) in [5.41, 5.74) is 9.76. The van der Waals surface area contributed by atoms with E-state index in [4.69, 9.17) is 15.0 Å². The predicted octanol–water partition coefficient (Wildman–Crippen LogP) is 12.2. The van der Waals surface area contributed by atoms with E-state index in [1.807, 2.05) is 24.3 Å². The van der Waals surface area contributed by atoms with Crippen molar-refractivity contribution < 1.29 is 0 Å². The molecule has 0 unspecified atom stereocenters. The Kier molecular flexibility index (Phi) is 6.79. The van der Waals surface area contributed by atoms with Gasteiger partial charge in [0, 0.05) is 38.4 Å². The van der Waals surface area contributed by atoms with Gasteiger partial charge in [-0.05, 0) is 64.4 Å². The van der Waals surface area contributed by atoms with Crippen molar-refractivity contribution in [2.45, 2.75) is 0 Å². The lowest BCUT2D eigenvalue weighted by atomic mass is 10.0. The number of para-hydroxylation sites is 3. The Hall–Kier alpha value is -7.37. The summed E-state index contributed by atoms with van der Waals surface area (Å²) in [6, 6.07) is 66.3. The van der Waals surface area contributed by atoms with Crippen LogP contribution in [-0.4, -0.2) is 24.1 Å². The molecule has 0 aliphatic heterocycles. The van der Waals surface area contributed by atoms with Crippen LogP contribution in [0.5, 0.6) is 0 Å². The van der Waals surface area contributed by atoms with Gasteiger partial charge in [-0.15, -0.1) is 0 Å². The number of rotatable bonds is 5. The van der Waals surface area contributed by atoms with E-state index < -0.39 is 0 Å². The van der Waals surface area contributed by atoms with Crippen LogP contribution in [0.4, 0.5) is 0 Å². The van der Waals surface area contributed by atoms with Crippen molar-refractivity contribution in [1.82, 2.24) is 24.1 Å². The third-order valence-electron chi connectivity index (χ3n) is 10.6. The lowest BCUT2D eigenvalue weighted by molar-refractivity contribution is 0.954. The average Bonchev–Trinajstić information content (AvgIpc) is 3.75. The highest BCUT2D eigenvalue weighted by atomic mass is 15.2. The van der Waals surface area contributed by atoms with Crippen molar-refractivity contribution in [3.05, 3.63) is 188 Å². The molecule has 8 aromatic carbocycles. The normalized spacial score (nSPS) is 11.7. The van der Waals surface area contributed by atoms with Crippen molar-refractivity contribution in [3.63, 3.8) is 0 Å². The molecule has 0 spiro atoms. The topological polar surface area (TPSA) is 48.5 Å². The molecule has 0 saturated carbocycles. The van der Waals surface area contributed by atoms with E-state index in [1.165, 1.54) is 32.8 Å². The minimum Gasteiger partial charge on any atom is -0.309 e. The largest absolute Gasteiger partial charge is 0.309 e. The summed E-state index contributed by atoms with van der Waals surface area (Å²) in [6.45, 7) is 0. The van der Waals surface area contributed by atoms with Crippen molar-refractivity contribution in [2.24, 2.45) is 0 Å². The molecule has 0 radical (unpaired) electrons. The Morgan fingerprint density at radius 1 is 0.296 bits per heavy atom. The van der Waals surface area contributed by atoms with Crippen LogP contribution in [-0.2, 0) is 0 Å². The van der Waals surface area contributed by atoms with Crippen LogP contribution >= 0.6 is 0 Å². The molecule has 252 valence electrons. The molecule has 3 heterocycles. The molecule has 0 aliphatic rings. The molecule has 0 bridgehead atoms. The van der Waals surface area contributed by atoms with Gasteiger partial charge in [0.15, 0.2) is 11.6 Å². The second-order valence-electron chi connectivity index (χ2n) is 13.7. The quantitative estimate of drug-likeness (QED) is 0.181. The molecular weight excluding hydrogens is 659 g/mol. The summed E-state index contributed by atoms with van der Waals surface area (Å²) in [5, 5.41) is 7.11. The predicted molar refractivity (Wildman–Crippen MR) is 222 cm³/mol. The molecule has 0 N–H and O–H groups in total. The fourth-order valence-corrected chi connectivity index (χ4v) is 8.01. The molecule has 5 nitrogen and oxygen atoms in total. The number of fused-ring (bicyclic) bond motifs is 7. The zero-order valence-electron chi connectivity index (χ0n) is 29.1. The number of nitrogens with zero attached hydrogens (tertiary/aromatic N) is 5. The van der Waals surface area contributed by atoms with E-state index in [-0.39, 0.29) is 0 Å². The van der Waals surface area contributed by atoms with Gasteiger partial charge >= 0.3 is 0 Å². The van der Waals surface area contributed by atoms with Gasteiger partial charge in [0.2, 0.25) is 5.95 Å². The van der Waals surface area contributed by atoms with Crippen molar-refractivity contribution >= 4 is 54.4 Å². The van der Waals surface area contributed by atoms with Crippen LogP contribution in [0, 0.1) is 0 Å². The average molecular weight is 690 g/mol. The number of benzene rings is 8. The number of hydrogen-bond donors (Lipinski definition) is 0. The molecule has 11 aromatic rings. The van der Waals surface area contributed by atoms with Gasteiger partial charge in [0.25, 0.3) is 0 Å². The van der Waals surface area contributed by atoms with Gasteiger partial charge in [0.05, 0.1) is 22.1 Å². The smallest absolute Gasteiger partial charge is 0.238 e. The SMILES string of the molecule is c1ccc(-c2ccc(-c3nc(-c4ccccc4)nc(-n4c5ccccc5c5cc6ccc(-n7c8ccccc8c8ccccc87)cc6cc54)n3)cc2)cc1. The van der Waals surface area contributed by atoms with Gasteiger partial charge in [-0.3, -0.25) is 4.57 Å². The summed E-state index contributed by atoms with van der Waals surface area (Å²) in [6.07, 6.45) is 0. The lowest BCUT2D eigenvalue weighted by Crippen LogP contribution is -2.06. The van der Waals surface area contributed by atoms with Crippen LogP contribution in [0.15, 0.2) is 188 Å². The van der Waals surface area contributed by atoms with Gasteiger partial charge < -0.3 is 4.57 Å². The van der Waals surface area contributed by atoms with E-state index in [9.17, 15) is 0 Å². The van der Waals surface area contributed by atoms with Crippen molar-refractivity contribution in [3.8, 4) is 45.5 Å². The molecule has 0 atom stereocenters.